The summed E-state index contributed by atoms with van der Waals surface area (Å²) < 4.78 is 1.15. The van der Waals surface area contributed by atoms with Crippen LogP contribution in [0.15, 0.2) is 17.6 Å². The zero-order chi connectivity index (χ0) is 12.3. The molecule has 5 heteroatoms. The summed E-state index contributed by atoms with van der Waals surface area (Å²) in [5.41, 5.74) is 10.8. The van der Waals surface area contributed by atoms with Gasteiger partial charge in [0.15, 0.2) is 0 Å². The van der Waals surface area contributed by atoms with Crippen LogP contribution in [0.3, 0.4) is 0 Å². The van der Waals surface area contributed by atoms with E-state index in [2.05, 4.69) is 34.4 Å². The molecular weight excluding hydrogens is 232 g/mol. The second kappa shape index (κ2) is 5.33. The Bertz CT molecular complexity index is 494. The summed E-state index contributed by atoms with van der Waals surface area (Å²) in [7, 11) is 4.04. The summed E-state index contributed by atoms with van der Waals surface area (Å²) in [6.07, 6.45) is 1.10. The Morgan fingerprint density at radius 3 is 3.06 bits per heavy atom. The lowest BCUT2D eigenvalue weighted by Crippen LogP contribution is -2.23. The Hall–Kier alpha value is -1.33. The maximum Gasteiger partial charge on any atom is 0.106 e. The molecule has 4 nitrogen and oxygen atoms in total. The van der Waals surface area contributed by atoms with Gasteiger partial charge < -0.3 is 16.0 Å². The molecule has 1 aromatic heterocycles. The van der Waals surface area contributed by atoms with Crippen LogP contribution in [-0.4, -0.2) is 32.2 Å². The Balaban J connectivity index is 2.19. The first-order valence-electron chi connectivity index (χ1n) is 5.71. The second-order valence-electron chi connectivity index (χ2n) is 4.08. The zero-order valence-corrected chi connectivity index (χ0v) is 11.0. The van der Waals surface area contributed by atoms with Crippen molar-refractivity contribution in [2.75, 3.05) is 37.8 Å². The summed E-state index contributed by atoms with van der Waals surface area (Å²) in [5, 5.41) is 3.15. The number of fused-ring (bicyclic) bond motifs is 1. The zero-order valence-electron chi connectivity index (χ0n) is 10.2. The van der Waals surface area contributed by atoms with Gasteiger partial charge in [-0.05, 0) is 32.1 Å². The molecule has 0 atom stereocenters. The Morgan fingerprint density at radius 1 is 1.47 bits per heavy atom. The minimum absolute atomic E-state index is 0.788. The van der Waals surface area contributed by atoms with E-state index in [1.807, 2.05) is 12.6 Å². The van der Waals surface area contributed by atoms with Gasteiger partial charge in [-0.25, -0.2) is 4.98 Å². The van der Waals surface area contributed by atoms with Crippen molar-refractivity contribution >= 4 is 32.9 Å². The molecule has 0 aliphatic carbocycles. The normalized spacial score (nSPS) is 10.9. The summed E-state index contributed by atoms with van der Waals surface area (Å²) in [5.74, 6) is 0. The van der Waals surface area contributed by atoms with Gasteiger partial charge in [-0.15, -0.1) is 11.3 Å². The standard InChI is InChI=1S/C12H18N4S/c1-14-6-3-7-16(2)9-4-5-10-12(11(9)13)15-8-17-10/h4-5,8,14H,3,6-7,13H2,1-2H3. The predicted molar refractivity (Wildman–Crippen MR) is 75.8 cm³/mol. The highest BCUT2D eigenvalue weighted by atomic mass is 32.1. The van der Waals surface area contributed by atoms with Crippen LogP contribution >= 0.6 is 11.3 Å². The number of nitrogens with two attached hydrogens (primary N) is 1. The summed E-state index contributed by atoms with van der Waals surface area (Å²) in [4.78, 5) is 6.50. The third-order valence-electron chi connectivity index (χ3n) is 2.85. The van der Waals surface area contributed by atoms with E-state index >= 15 is 0 Å². The SMILES string of the molecule is CNCCCN(C)c1ccc2scnc2c1N. The molecule has 0 unspecified atom stereocenters. The molecule has 0 radical (unpaired) electrons. The average molecular weight is 250 g/mol. The lowest BCUT2D eigenvalue weighted by atomic mass is 10.2. The number of thiazole rings is 1. The van der Waals surface area contributed by atoms with E-state index in [9.17, 15) is 0 Å². The first-order chi connectivity index (χ1) is 8.24. The highest BCUT2D eigenvalue weighted by Crippen LogP contribution is 2.31. The molecule has 2 aromatic rings. The molecule has 17 heavy (non-hydrogen) atoms. The molecule has 92 valence electrons. The van der Waals surface area contributed by atoms with E-state index in [1.165, 1.54) is 0 Å². The number of aromatic nitrogens is 1. The smallest absolute Gasteiger partial charge is 0.106 e. The highest BCUT2D eigenvalue weighted by Gasteiger charge is 2.09. The molecule has 2 rings (SSSR count). The van der Waals surface area contributed by atoms with Crippen LogP contribution < -0.4 is 16.0 Å². The van der Waals surface area contributed by atoms with Crippen LogP contribution in [-0.2, 0) is 0 Å². The third kappa shape index (κ3) is 2.50. The largest absolute Gasteiger partial charge is 0.395 e. The number of benzene rings is 1. The Morgan fingerprint density at radius 2 is 2.29 bits per heavy atom. The summed E-state index contributed by atoms with van der Waals surface area (Å²) in [6.45, 7) is 2.00. The maximum atomic E-state index is 6.16. The molecule has 0 aliphatic heterocycles. The highest BCUT2D eigenvalue weighted by molar-refractivity contribution is 7.16. The first kappa shape index (κ1) is 12.1. The molecular formula is C12H18N4S. The lowest BCUT2D eigenvalue weighted by Gasteiger charge is -2.21. The average Bonchev–Trinajstić information content (AvgIpc) is 2.78. The maximum absolute atomic E-state index is 6.16. The van der Waals surface area contributed by atoms with Crippen molar-refractivity contribution in [3.8, 4) is 0 Å². The molecule has 1 aromatic carbocycles. The molecule has 0 bridgehead atoms. The number of rotatable bonds is 5. The molecule has 3 N–H and O–H groups in total. The van der Waals surface area contributed by atoms with Gasteiger partial charge in [0.25, 0.3) is 0 Å². The van der Waals surface area contributed by atoms with E-state index < -0.39 is 0 Å². The fourth-order valence-electron chi connectivity index (χ4n) is 1.89. The molecule has 0 saturated carbocycles. The van der Waals surface area contributed by atoms with E-state index in [-0.39, 0.29) is 0 Å². The quantitative estimate of drug-likeness (QED) is 0.629. The third-order valence-corrected chi connectivity index (χ3v) is 3.64. The van der Waals surface area contributed by atoms with Gasteiger partial charge in [0.05, 0.1) is 21.6 Å². The van der Waals surface area contributed by atoms with Gasteiger partial charge in [-0.3, -0.25) is 0 Å². The van der Waals surface area contributed by atoms with Crippen molar-refractivity contribution in [3.63, 3.8) is 0 Å². The number of anilines is 2. The number of hydrogen-bond acceptors (Lipinski definition) is 5. The van der Waals surface area contributed by atoms with Crippen LogP contribution in [0, 0.1) is 0 Å². The van der Waals surface area contributed by atoms with E-state index in [0.29, 0.717) is 0 Å². The minimum Gasteiger partial charge on any atom is -0.395 e. The van der Waals surface area contributed by atoms with Gasteiger partial charge >= 0.3 is 0 Å². The van der Waals surface area contributed by atoms with Crippen molar-refractivity contribution in [2.24, 2.45) is 0 Å². The molecule has 0 spiro atoms. The van der Waals surface area contributed by atoms with Gasteiger partial charge in [-0.1, -0.05) is 0 Å². The van der Waals surface area contributed by atoms with Crippen molar-refractivity contribution < 1.29 is 0 Å². The fraction of sp³-hybridized carbons (Fsp3) is 0.417. The van der Waals surface area contributed by atoms with Crippen LogP contribution in [0.5, 0.6) is 0 Å². The number of nitrogens with zero attached hydrogens (tertiary/aromatic N) is 2. The van der Waals surface area contributed by atoms with Gasteiger partial charge in [0.1, 0.15) is 5.52 Å². The van der Waals surface area contributed by atoms with E-state index in [0.717, 1.165) is 41.1 Å². The van der Waals surface area contributed by atoms with Crippen molar-refractivity contribution in [1.82, 2.24) is 10.3 Å². The molecule has 1 heterocycles. The van der Waals surface area contributed by atoms with Crippen LogP contribution in [0.2, 0.25) is 0 Å². The van der Waals surface area contributed by atoms with Crippen molar-refractivity contribution in [1.29, 1.82) is 0 Å². The van der Waals surface area contributed by atoms with Crippen molar-refractivity contribution in [3.05, 3.63) is 17.6 Å². The summed E-state index contributed by atoms with van der Waals surface area (Å²) >= 11 is 1.62. The first-order valence-corrected chi connectivity index (χ1v) is 6.59. The predicted octanol–water partition coefficient (Wildman–Crippen LogP) is 1.92. The van der Waals surface area contributed by atoms with Crippen LogP contribution in [0.4, 0.5) is 11.4 Å². The van der Waals surface area contributed by atoms with Crippen LogP contribution in [0.25, 0.3) is 10.2 Å². The molecule has 0 saturated heterocycles. The molecule has 0 amide bonds. The fourth-order valence-corrected chi connectivity index (χ4v) is 2.58. The van der Waals surface area contributed by atoms with Crippen molar-refractivity contribution in [2.45, 2.75) is 6.42 Å². The minimum atomic E-state index is 0.788. The van der Waals surface area contributed by atoms with E-state index in [4.69, 9.17) is 5.73 Å². The van der Waals surface area contributed by atoms with Gasteiger partial charge in [0.2, 0.25) is 0 Å². The van der Waals surface area contributed by atoms with Gasteiger partial charge in [0, 0.05) is 13.6 Å². The Kier molecular flexibility index (Phi) is 3.81. The van der Waals surface area contributed by atoms with Crippen LogP contribution in [0.1, 0.15) is 6.42 Å². The van der Waals surface area contributed by atoms with E-state index in [1.54, 1.807) is 11.3 Å². The number of nitrogen functional groups attached to an aromatic ring is 1. The lowest BCUT2D eigenvalue weighted by molar-refractivity contribution is 0.713. The van der Waals surface area contributed by atoms with Gasteiger partial charge in [-0.2, -0.15) is 0 Å². The molecule has 0 fully saturated rings. The molecule has 0 aliphatic rings. The summed E-state index contributed by atoms with van der Waals surface area (Å²) in [6, 6.07) is 4.17. The Labute approximate surface area is 105 Å². The number of nitrogens with one attached hydrogen (secondary N) is 1. The number of hydrogen-bond donors (Lipinski definition) is 2. The monoisotopic (exact) mass is 250 g/mol. The second-order valence-corrected chi connectivity index (χ2v) is 4.96. The topological polar surface area (TPSA) is 54.2 Å².